The molecule has 0 radical (unpaired) electrons. The molecule has 27 heavy (non-hydrogen) atoms. The lowest BCUT2D eigenvalue weighted by atomic mass is 10.00. The lowest BCUT2D eigenvalue weighted by Gasteiger charge is -2.14. The number of hydrogen-bond acceptors (Lipinski definition) is 3. The molecule has 0 unspecified atom stereocenters. The first-order valence-electron chi connectivity index (χ1n) is 8.91. The highest BCUT2D eigenvalue weighted by Gasteiger charge is 2.18. The van der Waals surface area contributed by atoms with Gasteiger partial charge in [0.2, 0.25) is 0 Å². The molecule has 3 aromatic rings. The predicted molar refractivity (Wildman–Crippen MR) is 107 cm³/mol. The van der Waals surface area contributed by atoms with E-state index in [1.807, 2.05) is 42.5 Å². The zero-order valence-electron chi connectivity index (χ0n) is 15.3. The average molecular weight is 361 g/mol. The predicted octanol–water partition coefficient (Wildman–Crippen LogP) is 4.58. The third-order valence-electron chi connectivity index (χ3n) is 4.57. The van der Waals surface area contributed by atoms with Crippen LogP contribution in [0.5, 0.6) is 5.75 Å². The van der Waals surface area contributed by atoms with Crippen molar-refractivity contribution in [3.05, 3.63) is 89.5 Å². The van der Waals surface area contributed by atoms with E-state index in [2.05, 4.69) is 24.3 Å². The van der Waals surface area contributed by atoms with Gasteiger partial charge in [-0.05, 0) is 47.4 Å². The molecule has 1 atom stereocenters. The molecule has 0 aliphatic carbocycles. The Morgan fingerprint density at radius 2 is 1.59 bits per heavy atom. The molecule has 0 aliphatic heterocycles. The van der Waals surface area contributed by atoms with Crippen LogP contribution in [0.1, 0.15) is 29.5 Å². The maximum atomic E-state index is 11.3. The normalized spacial score (nSPS) is 11.8. The third kappa shape index (κ3) is 4.54. The van der Waals surface area contributed by atoms with Gasteiger partial charge in [-0.2, -0.15) is 0 Å². The van der Waals surface area contributed by atoms with Crippen LogP contribution in [0.4, 0.5) is 0 Å². The van der Waals surface area contributed by atoms with Gasteiger partial charge < -0.3 is 15.6 Å². The molecule has 0 heterocycles. The van der Waals surface area contributed by atoms with Crippen molar-refractivity contribution in [3.8, 4) is 16.9 Å². The maximum Gasteiger partial charge on any atom is 0.310 e. The Morgan fingerprint density at radius 1 is 0.963 bits per heavy atom. The molecule has 0 saturated carbocycles. The summed E-state index contributed by atoms with van der Waals surface area (Å²) in [4.78, 5) is 11.3. The number of benzene rings is 3. The van der Waals surface area contributed by atoms with Gasteiger partial charge in [0.05, 0.1) is 5.92 Å². The minimum Gasteiger partial charge on any atom is -0.489 e. The van der Waals surface area contributed by atoms with E-state index < -0.39 is 11.9 Å². The summed E-state index contributed by atoms with van der Waals surface area (Å²) >= 11 is 0. The Hall–Kier alpha value is -3.11. The fourth-order valence-electron chi connectivity index (χ4n) is 2.98. The van der Waals surface area contributed by atoms with Gasteiger partial charge in [0.25, 0.3) is 0 Å². The van der Waals surface area contributed by atoms with Crippen LogP contribution in [0.25, 0.3) is 11.1 Å². The van der Waals surface area contributed by atoms with Gasteiger partial charge in [-0.25, -0.2) is 0 Å². The van der Waals surface area contributed by atoms with Gasteiger partial charge in [0.15, 0.2) is 0 Å². The maximum absolute atomic E-state index is 11.3. The van der Waals surface area contributed by atoms with E-state index in [-0.39, 0.29) is 0 Å². The quantitative estimate of drug-likeness (QED) is 0.646. The number of nitrogens with two attached hydrogens (primary N) is 1. The third-order valence-corrected chi connectivity index (χ3v) is 4.57. The molecular formula is C23H23NO3. The van der Waals surface area contributed by atoms with Crippen molar-refractivity contribution in [2.45, 2.75) is 26.0 Å². The van der Waals surface area contributed by atoms with Crippen LogP contribution in [0.3, 0.4) is 0 Å². The smallest absolute Gasteiger partial charge is 0.310 e. The second-order valence-electron chi connectivity index (χ2n) is 6.49. The van der Waals surface area contributed by atoms with Crippen molar-refractivity contribution in [1.82, 2.24) is 0 Å². The Bertz CT molecular complexity index is 936. The van der Waals surface area contributed by atoms with Crippen LogP contribution in [0, 0.1) is 0 Å². The highest BCUT2D eigenvalue weighted by atomic mass is 16.5. The van der Waals surface area contributed by atoms with E-state index in [1.165, 1.54) is 0 Å². The zero-order valence-corrected chi connectivity index (χ0v) is 15.3. The summed E-state index contributed by atoms with van der Waals surface area (Å²) in [7, 11) is 0. The van der Waals surface area contributed by atoms with Crippen molar-refractivity contribution in [2.75, 3.05) is 0 Å². The van der Waals surface area contributed by atoms with E-state index in [0.29, 0.717) is 24.5 Å². The summed E-state index contributed by atoms with van der Waals surface area (Å²) in [5, 5.41) is 9.29. The molecule has 3 N–H and O–H groups in total. The van der Waals surface area contributed by atoms with Crippen molar-refractivity contribution < 1.29 is 14.6 Å². The summed E-state index contributed by atoms with van der Waals surface area (Å²) < 4.78 is 5.95. The molecule has 0 spiro atoms. The summed E-state index contributed by atoms with van der Waals surface area (Å²) in [6.07, 6.45) is 0. The molecule has 3 rings (SSSR count). The van der Waals surface area contributed by atoms with Crippen LogP contribution in [-0.4, -0.2) is 11.1 Å². The molecule has 138 valence electrons. The van der Waals surface area contributed by atoms with Gasteiger partial charge >= 0.3 is 5.97 Å². The van der Waals surface area contributed by atoms with E-state index >= 15 is 0 Å². The first-order chi connectivity index (χ1) is 13.1. The number of carboxylic acid groups (broad SMARTS) is 1. The highest BCUT2D eigenvalue weighted by Crippen LogP contribution is 2.28. The standard InChI is InChI=1S/C23H23NO3/c1-16(23(25)26)21-10-2-3-11-22(21)27-15-18-7-5-9-20(13-18)19-8-4-6-17(12-19)14-24/h2-13,16H,14-15,24H2,1H3,(H,25,26)/t16-/m0/s1. The van der Waals surface area contributed by atoms with Crippen LogP contribution < -0.4 is 10.5 Å². The molecule has 3 aromatic carbocycles. The van der Waals surface area contributed by atoms with Gasteiger partial charge in [-0.3, -0.25) is 4.79 Å². The molecule has 0 amide bonds. The Kier molecular flexibility index (Phi) is 5.89. The molecule has 0 aliphatic rings. The summed E-state index contributed by atoms with van der Waals surface area (Å²) in [6, 6.07) is 23.6. The minimum atomic E-state index is -0.868. The largest absolute Gasteiger partial charge is 0.489 e. The Morgan fingerprint density at radius 3 is 2.26 bits per heavy atom. The van der Waals surface area contributed by atoms with Gasteiger partial charge in [0.1, 0.15) is 12.4 Å². The number of carbonyl (C=O) groups is 1. The Labute approximate surface area is 159 Å². The highest BCUT2D eigenvalue weighted by molar-refractivity contribution is 5.76. The first kappa shape index (κ1) is 18.7. The first-order valence-corrected chi connectivity index (χ1v) is 8.91. The molecule has 0 bridgehead atoms. The molecule has 0 saturated heterocycles. The number of hydrogen-bond donors (Lipinski definition) is 2. The molecule has 0 aromatic heterocycles. The van der Waals surface area contributed by atoms with Crippen molar-refractivity contribution in [3.63, 3.8) is 0 Å². The number of ether oxygens (including phenoxy) is 1. The van der Waals surface area contributed by atoms with E-state index in [0.717, 1.165) is 22.3 Å². The van der Waals surface area contributed by atoms with Crippen molar-refractivity contribution in [2.24, 2.45) is 5.73 Å². The van der Waals surface area contributed by atoms with Gasteiger partial charge in [-0.1, -0.05) is 54.6 Å². The topological polar surface area (TPSA) is 72.5 Å². The lowest BCUT2D eigenvalue weighted by Crippen LogP contribution is -2.09. The van der Waals surface area contributed by atoms with Crippen molar-refractivity contribution in [1.29, 1.82) is 0 Å². The monoisotopic (exact) mass is 361 g/mol. The number of aliphatic carboxylic acids is 1. The number of carboxylic acids is 1. The Balaban J connectivity index is 1.79. The summed E-state index contributed by atoms with van der Waals surface area (Å²) in [5.41, 5.74) is 10.7. The fourth-order valence-corrected chi connectivity index (χ4v) is 2.98. The van der Waals surface area contributed by atoms with Crippen LogP contribution in [0.15, 0.2) is 72.8 Å². The molecular weight excluding hydrogens is 338 g/mol. The number of para-hydroxylation sites is 1. The molecule has 0 fully saturated rings. The van der Waals surface area contributed by atoms with E-state index in [4.69, 9.17) is 10.5 Å². The average Bonchev–Trinajstić information content (AvgIpc) is 2.72. The number of rotatable bonds is 7. The van der Waals surface area contributed by atoms with Gasteiger partial charge in [0, 0.05) is 12.1 Å². The summed E-state index contributed by atoms with van der Waals surface area (Å²) in [6.45, 7) is 2.54. The zero-order chi connectivity index (χ0) is 19.2. The summed E-state index contributed by atoms with van der Waals surface area (Å²) in [5.74, 6) is -0.887. The lowest BCUT2D eigenvalue weighted by molar-refractivity contribution is -0.138. The van der Waals surface area contributed by atoms with E-state index in [1.54, 1.807) is 13.0 Å². The van der Waals surface area contributed by atoms with Gasteiger partial charge in [-0.15, -0.1) is 0 Å². The molecule has 4 nitrogen and oxygen atoms in total. The van der Waals surface area contributed by atoms with E-state index in [9.17, 15) is 9.90 Å². The molecule has 4 heteroatoms. The van der Waals surface area contributed by atoms with Crippen LogP contribution >= 0.6 is 0 Å². The van der Waals surface area contributed by atoms with Crippen LogP contribution in [0.2, 0.25) is 0 Å². The second-order valence-corrected chi connectivity index (χ2v) is 6.49. The fraction of sp³-hybridized carbons (Fsp3) is 0.174. The SMILES string of the molecule is C[C@H](C(=O)O)c1ccccc1OCc1cccc(-c2cccc(CN)c2)c1. The van der Waals surface area contributed by atoms with Crippen molar-refractivity contribution >= 4 is 5.97 Å². The van der Waals surface area contributed by atoms with Crippen LogP contribution in [-0.2, 0) is 17.9 Å². The minimum absolute atomic E-state index is 0.369. The second kappa shape index (κ2) is 8.52.